The average Bonchev–Trinajstić information content (AvgIpc) is 2.47. The van der Waals surface area contributed by atoms with Crippen molar-refractivity contribution in [2.45, 2.75) is 31.5 Å². The molecule has 3 rings (SSSR count). The normalized spacial score (nSPS) is 27.7. The van der Waals surface area contributed by atoms with Crippen molar-refractivity contribution in [3.8, 4) is 0 Å². The van der Waals surface area contributed by atoms with Crippen LogP contribution in [0.15, 0.2) is 24.3 Å². The molecule has 0 aromatic heterocycles. The maximum atomic E-state index is 12.2. The summed E-state index contributed by atoms with van der Waals surface area (Å²) in [6.45, 7) is 3.57. The van der Waals surface area contributed by atoms with E-state index in [0.717, 1.165) is 6.42 Å². The van der Waals surface area contributed by atoms with E-state index in [1.807, 2.05) is 13.0 Å². The van der Waals surface area contributed by atoms with Gasteiger partial charge in [-0.05, 0) is 24.5 Å². The maximum Gasteiger partial charge on any atom is 0.317 e. The minimum absolute atomic E-state index is 0.0360. The lowest BCUT2D eigenvalue weighted by molar-refractivity contribution is -0.0833. The minimum atomic E-state index is -0.274. The molecule has 0 bridgehead atoms. The van der Waals surface area contributed by atoms with E-state index in [4.69, 9.17) is 4.74 Å². The standard InChI is InChI=1S/C16H22N2O3/c1-11-8-18(9-14(10-19)21-11)16(20)17-7-13-6-12-4-2-3-5-15(12)13/h2-5,11,13-14,19H,6-10H2,1H3,(H,17,20). The number of aliphatic hydroxyl groups is 1. The third-order valence-electron chi connectivity index (χ3n) is 4.28. The van der Waals surface area contributed by atoms with Gasteiger partial charge in [0, 0.05) is 19.0 Å². The monoisotopic (exact) mass is 290 g/mol. The minimum Gasteiger partial charge on any atom is -0.394 e. The number of morpholine rings is 1. The quantitative estimate of drug-likeness (QED) is 0.877. The second-order valence-electron chi connectivity index (χ2n) is 5.94. The van der Waals surface area contributed by atoms with Gasteiger partial charge in [0.2, 0.25) is 0 Å². The van der Waals surface area contributed by atoms with E-state index in [0.29, 0.717) is 25.6 Å². The summed E-state index contributed by atoms with van der Waals surface area (Å²) < 4.78 is 5.55. The lowest BCUT2D eigenvalue weighted by Gasteiger charge is -2.37. The number of rotatable bonds is 3. The second kappa shape index (κ2) is 6.03. The zero-order valence-corrected chi connectivity index (χ0v) is 12.3. The van der Waals surface area contributed by atoms with Crippen LogP contribution in [0.5, 0.6) is 0 Å². The summed E-state index contributed by atoms with van der Waals surface area (Å²) >= 11 is 0. The first-order chi connectivity index (χ1) is 10.2. The number of nitrogens with one attached hydrogen (secondary N) is 1. The van der Waals surface area contributed by atoms with Crippen LogP contribution in [0, 0.1) is 0 Å². The molecule has 1 aliphatic carbocycles. The fourth-order valence-corrected chi connectivity index (χ4v) is 3.18. The van der Waals surface area contributed by atoms with Gasteiger partial charge < -0.3 is 20.1 Å². The van der Waals surface area contributed by atoms with Crippen LogP contribution in [0.2, 0.25) is 0 Å². The first-order valence-electron chi connectivity index (χ1n) is 7.54. The van der Waals surface area contributed by atoms with Crippen LogP contribution in [0.4, 0.5) is 4.79 Å². The highest BCUT2D eigenvalue weighted by atomic mass is 16.5. The Kier molecular flexibility index (Phi) is 4.12. The molecule has 1 fully saturated rings. The highest BCUT2D eigenvalue weighted by molar-refractivity contribution is 5.74. The number of hydrogen-bond acceptors (Lipinski definition) is 3. The number of benzene rings is 1. The number of aliphatic hydroxyl groups excluding tert-OH is 1. The van der Waals surface area contributed by atoms with Crippen molar-refractivity contribution in [2.75, 3.05) is 26.2 Å². The van der Waals surface area contributed by atoms with E-state index < -0.39 is 0 Å². The Morgan fingerprint density at radius 3 is 3.00 bits per heavy atom. The Labute approximate surface area is 124 Å². The molecule has 2 N–H and O–H groups in total. The van der Waals surface area contributed by atoms with Gasteiger partial charge in [-0.2, -0.15) is 0 Å². The molecule has 1 aliphatic heterocycles. The molecule has 0 radical (unpaired) electrons. The smallest absolute Gasteiger partial charge is 0.317 e. The fourth-order valence-electron chi connectivity index (χ4n) is 3.18. The Morgan fingerprint density at radius 1 is 1.43 bits per heavy atom. The molecule has 5 nitrogen and oxygen atoms in total. The largest absolute Gasteiger partial charge is 0.394 e. The molecular formula is C16H22N2O3. The number of fused-ring (bicyclic) bond motifs is 1. The summed E-state index contributed by atoms with van der Waals surface area (Å²) in [4.78, 5) is 14.0. The Bertz CT molecular complexity index is 520. The van der Waals surface area contributed by atoms with Crippen molar-refractivity contribution in [2.24, 2.45) is 0 Å². The number of nitrogens with zero attached hydrogens (tertiary/aromatic N) is 1. The summed E-state index contributed by atoms with van der Waals surface area (Å²) in [5, 5.41) is 12.2. The molecule has 114 valence electrons. The molecule has 1 saturated heterocycles. The molecule has 5 heteroatoms. The Balaban J connectivity index is 1.51. The van der Waals surface area contributed by atoms with E-state index in [2.05, 4.69) is 23.5 Å². The number of ether oxygens (including phenoxy) is 1. The summed E-state index contributed by atoms with van der Waals surface area (Å²) in [6, 6.07) is 8.31. The Hall–Kier alpha value is -1.59. The van der Waals surface area contributed by atoms with Crippen LogP contribution in [0.1, 0.15) is 24.0 Å². The van der Waals surface area contributed by atoms with Crippen LogP contribution < -0.4 is 5.32 Å². The topological polar surface area (TPSA) is 61.8 Å². The molecule has 21 heavy (non-hydrogen) atoms. The maximum absolute atomic E-state index is 12.2. The zero-order valence-electron chi connectivity index (χ0n) is 12.3. The van der Waals surface area contributed by atoms with E-state index in [1.165, 1.54) is 11.1 Å². The van der Waals surface area contributed by atoms with Crippen LogP contribution >= 0.6 is 0 Å². The van der Waals surface area contributed by atoms with Crippen molar-refractivity contribution in [1.82, 2.24) is 10.2 Å². The molecular weight excluding hydrogens is 268 g/mol. The van der Waals surface area contributed by atoms with Gasteiger partial charge in [0.15, 0.2) is 0 Å². The van der Waals surface area contributed by atoms with Crippen molar-refractivity contribution < 1.29 is 14.6 Å². The van der Waals surface area contributed by atoms with Gasteiger partial charge in [-0.3, -0.25) is 0 Å². The first kappa shape index (κ1) is 14.4. The molecule has 0 spiro atoms. The van der Waals surface area contributed by atoms with Gasteiger partial charge >= 0.3 is 6.03 Å². The average molecular weight is 290 g/mol. The van der Waals surface area contributed by atoms with E-state index >= 15 is 0 Å². The third kappa shape index (κ3) is 3.04. The fraction of sp³-hybridized carbons (Fsp3) is 0.562. The van der Waals surface area contributed by atoms with Crippen molar-refractivity contribution in [3.05, 3.63) is 35.4 Å². The van der Waals surface area contributed by atoms with Gasteiger partial charge in [-0.15, -0.1) is 0 Å². The molecule has 1 aromatic carbocycles. The number of hydrogen-bond donors (Lipinski definition) is 2. The summed E-state index contributed by atoms with van der Waals surface area (Å²) in [7, 11) is 0. The lowest BCUT2D eigenvalue weighted by atomic mass is 9.78. The summed E-state index contributed by atoms with van der Waals surface area (Å²) in [5.41, 5.74) is 2.73. The molecule has 1 heterocycles. The lowest BCUT2D eigenvalue weighted by Crippen LogP contribution is -2.53. The van der Waals surface area contributed by atoms with Crippen LogP contribution in [0.3, 0.4) is 0 Å². The van der Waals surface area contributed by atoms with Gasteiger partial charge in [0.1, 0.15) is 0 Å². The molecule has 0 saturated carbocycles. The first-order valence-corrected chi connectivity index (χ1v) is 7.54. The number of urea groups is 1. The molecule has 3 unspecified atom stereocenters. The van der Waals surface area contributed by atoms with Crippen molar-refractivity contribution in [1.29, 1.82) is 0 Å². The van der Waals surface area contributed by atoms with Gasteiger partial charge in [-0.1, -0.05) is 24.3 Å². The summed E-state index contributed by atoms with van der Waals surface area (Å²) in [6.07, 6.45) is 0.727. The number of carbonyl (C=O) groups is 1. The second-order valence-corrected chi connectivity index (χ2v) is 5.94. The van der Waals surface area contributed by atoms with Crippen LogP contribution in [0.25, 0.3) is 0 Å². The molecule has 1 aromatic rings. The predicted octanol–water partition coefficient (Wildman–Crippen LogP) is 1.12. The molecule has 2 aliphatic rings. The van der Waals surface area contributed by atoms with Crippen molar-refractivity contribution in [3.63, 3.8) is 0 Å². The predicted molar refractivity (Wildman–Crippen MR) is 79.3 cm³/mol. The Morgan fingerprint density at radius 2 is 2.24 bits per heavy atom. The van der Waals surface area contributed by atoms with Gasteiger partial charge in [-0.25, -0.2) is 4.79 Å². The van der Waals surface area contributed by atoms with Gasteiger partial charge in [0.25, 0.3) is 0 Å². The van der Waals surface area contributed by atoms with Crippen LogP contribution in [-0.2, 0) is 11.2 Å². The highest BCUT2D eigenvalue weighted by Crippen LogP contribution is 2.34. The molecule has 2 amide bonds. The van der Waals surface area contributed by atoms with E-state index in [-0.39, 0.29) is 24.8 Å². The number of amides is 2. The zero-order chi connectivity index (χ0) is 14.8. The third-order valence-corrected chi connectivity index (χ3v) is 4.28. The summed E-state index contributed by atoms with van der Waals surface area (Å²) in [5.74, 6) is 0.428. The van der Waals surface area contributed by atoms with E-state index in [1.54, 1.807) is 4.90 Å². The van der Waals surface area contributed by atoms with Gasteiger partial charge in [0.05, 0.1) is 25.4 Å². The van der Waals surface area contributed by atoms with Crippen LogP contribution in [-0.4, -0.2) is 54.5 Å². The number of carbonyl (C=O) groups excluding carboxylic acids is 1. The van der Waals surface area contributed by atoms with Crippen molar-refractivity contribution >= 4 is 6.03 Å². The highest BCUT2D eigenvalue weighted by Gasteiger charge is 2.30. The molecule has 3 atom stereocenters. The van der Waals surface area contributed by atoms with E-state index in [9.17, 15) is 9.90 Å². The SMILES string of the molecule is CC1CN(C(=O)NCC2Cc3ccccc32)CC(CO)O1.